The van der Waals surface area contributed by atoms with Crippen molar-refractivity contribution in [2.24, 2.45) is 5.92 Å². The van der Waals surface area contributed by atoms with Crippen molar-refractivity contribution in [3.8, 4) is 12.0 Å². The molecule has 0 radical (unpaired) electrons. The standard InChI is InChI=1S/C14H23N5O2/c1-20-13-16-12(17-14(18-13)21-2)19-8-5-10(6-9-19)11-4-3-7-15-11/h10-11,15H,3-9H2,1-2H3. The fourth-order valence-corrected chi connectivity index (χ4v) is 3.27. The Balaban J connectivity index is 1.65. The highest BCUT2D eigenvalue weighted by Gasteiger charge is 2.29. The van der Waals surface area contributed by atoms with Crippen LogP contribution in [0.3, 0.4) is 0 Å². The summed E-state index contributed by atoms with van der Waals surface area (Å²) < 4.78 is 10.2. The zero-order chi connectivity index (χ0) is 14.7. The minimum Gasteiger partial charge on any atom is -0.467 e. The molecule has 0 bridgehead atoms. The molecule has 21 heavy (non-hydrogen) atoms. The first-order chi connectivity index (χ1) is 10.3. The molecular weight excluding hydrogens is 270 g/mol. The number of ether oxygens (including phenoxy) is 2. The van der Waals surface area contributed by atoms with E-state index >= 15 is 0 Å². The van der Waals surface area contributed by atoms with Gasteiger partial charge in [-0.05, 0) is 38.1 Å². The summed E-state index contributed by atoms with van der Waals surface area (Å²) in [6.07, 6.45) is 4.98. The molecule has 1 aromatic heterocycles. The third-order valence-corrected chi connectivity index (χ3v) is 4.44. The van der Waals surface area contributed by atoms with Gasteiger partial charge in [0.05, 0.1) is 14.2 Å². The lowest BCUT2D eigenvalue weighted by Crippen LogP contribution is -2.41. The third-order valence-electron chi connectivity index (χ3n) is 4.44. The zero-order valence-corrected chi connectivity index (χ0v) is 12.7. The summed E-state index contributed by atoms with van der Waals surface area (Å²) in [7, 11) is 3.10. The third kappa shape index (κ3) is 3.18. The van der Waals surface area contributed by atoms with E-state index in [-0.39, 0.29) is 0 Å². The van der Waals surface area contributed by atoms with Gasteiger partial charge in [0.15, 0.2) is 0 Å². The molecule has 2 fully saturated rings. The first-order valence-electron chi connectivity index (χ1n) is 7.62. The summed E-state index contributed by atoms with van der Waals surface area (Å²) in [5.41, 5.74) is 0. The highest BCUT2D eigenvalue weighted by Crippen LogP contribution is 2.28. The summed E-state index contributed by atoms with van der Waals surface area (Å²) in [4.78, 5) is 14.9. The van der Waals surface area contributed by atoms with E-state index in [0.29, 0.717) is 24.0 Å². The molecule has 0 aromatic carbocycles. The molecular formula is C14H23N5O2. The van der Waals surface area contributed by atoms with E-state index in [0.717, 1.165) is 19.0 Å². The van der Waals surface area contributed by atoms with Gasteiger partial charge in [0.2, 0.25) is 5.95 Å². The van der Waals surface area contributed by atoms with Crippen LogP contribution in [0, 0.1) is 5.92 Å². The number of piperidine rings is 1. The van der Waals surface area contributed by atoms with Crippen LogP contribution < -0.4 is 19.7 Å². The van der Waals surface area contributed by atoms with Gasteiger partial charge in [-0.25, -0.2) is 0 Å². The van der Waals surface area contributed by atoms with Gasteiger partial charge in [-0.15, -0.1) is 4.98 Å². The average Bonchev–Trinajstić information content (AvgIpc) is 3.09. The molecule has 3 heterocycles. The molecule has 1 N–H and O–H groups in total. The maximum Gasteiger partial charge on any atom is 0.324 e. The van der Waals surface area contributed by atoms with E-state index in [4.69, 9.17) is 9.47 Å². The SMILES string of the molecule is COc1nc(OC)nc(N2CCC(C3CCCN3)CC2)n1. The number of nitrogens with zero attached hydrogens (tertiary/aromatic N) is 4. The molecule has 3 rings (SSSR count). The van der Waals surface area contributed by atoms with Crippen LogP contribution in [0.15, 0.2) is 0 Å². The van der Waals surface area contributed by atoms with Crippen molar-refractivity contribution in [1.82, 2.24) is 20.3 Å². The van der Waals surface area contributed by atoms with Crippen LogP contribution in [0.1, 0.15) is 25.7 Å². The van der Waals surface area contributed by atoms with E-state index < -0.39 is 0 Å². The van der Waals surface area contributed by atoms with Gasteiger partial charge >= 0.3 is 12.0 Å². The summed E-state index contributed by atoms with van der Waals surface area (Å²) in [5, 5.41) is 3.62. The summed E-state index contributed by atoms with van der Waals surface area (Å²) in [6, 6.07) is 1.31. The van der Waals surface area contributed by atoms with Crippen LogP contribution in [-0.2, 0) is 0 Å². The second kappa shape index (κ2) is 6.43. The van der Waals surface area contributed by atoms with Crippen molar-refractivity contribution in [2.45, 2.75) is 31.7 Å². The molecule has 7 nitrogen and oxygen atoms in total. The van der Waals surface area contributed by atoms with Crippen molar-refractivity contribution in [2.75, 3.05) is 38.8 Å². The molecule has 7 heteroatoms. The van der Waals surface area contributed by atoms with Gasteiger partial charge < -0.3 is 19.7 Å². The van der Waals surface area contributed by atoms with Gasteiger partial charge in [-0.2, -0.15) is 9.97 Å². The number of aromatic nitrogens is 3. The molecule has 2 saturated heterocycles. The molecule has 0 amide bonds. The van der Waals surface area contributed by atoms with Gasteiger partial charge in [-0.3, -0.25) is 0 Å². The maximum atomic E-state index is 5.11. The topological polar surface area (TPSA) is 72.4 Å². The van der Waals surface area contributed by atoms with E-state index in [9.17, 15) is 0 Å². The van der Waals surface area contributed by atoms with Crippen LogP contribution in [-0.4, -0.2) is 54.8 Å². The summed E-state index contributed by atoms with van der Waals surface area (Å²) >= 11 is 0. The highest BCUT2D eigenvalue weighted by molar-refractivity contribution is 5.32. The lowest BCUT2D eigenvalue weighted by Gasteiger charge is -2.34. The number of methoxy groups -OCH3 is 2. The lowest BCUT2D eigenvalue weighted by molar-refractivity contribution is 0.312. The van der Waals surface area contributed by atoms with Crippen molar-refractivity contribution in [3.05, 3.63) is 0 Å². The number of rotatable bonds is 4. The van der Waals surface area contributed by atoms with Crippen LogP contribution in [0.5, 0.6) is 12.0 Å². The molecule has 0 spiro atoms. The summed E-state index contributed by atoms with van der Waals surface area (Å²) in [6.45, 7) is 3.12. The molecule has 2 aliphatic heterocycles. The second-order valence-corrected chi connectivity index (χ2v) is 5.64. The quantitative estimate of drug-likeness (QED) is 0.882. The molecule has 1 unspecified atom stereocenters. The Morgan fingerprint density at radius 1 is 1.00 bits per heavy atom. The molecule has 1 aromatic rings. The lowest BCUT2D eigenvalue weighted by atomic mass is 9.89. The molecule has 116 valence electrons. The molecule has 2 aliphatic rings. The van der Waals surface area contributed by atoms with Gasteiger partial charge in [-0.1, -0.05) is 0 Å². The first kappa shape index (κ1) is 14.3. The Labute approximate surface area is 125 Å². The van der Waals surface area contributed by atoms with E-state index in [1.165, 1.54) is 32.2 Å². The smallest absolute Gasteiger partial charge is 0.324 e. The Morgan fingerprint density at radius 3 is 2.19 bits per heavy atom. The molecule has 1 atom stereocenters. The molecule has 0 aliphatic carbocycles. The number of hydrogen-bond acceptors (Lipinski definition) is 7. The van der Waals surface area contributed by atoms with Gasteiger partial charge in [0, 0.05) is 19.1 Å². The monoisotopic (exact) mass is 293 g/mol. The number of nitrogens with one attached hydrogen (secondary N) is 1. The Kier molecular flexibility index (Phi) is 4.38. The predicted octanol–water partition coefficient (Wildman–Crippen LogP) is 0.857. The minimum atomic E-state index is 0.302. The van der Waals surface area contributed by atoms with Crippen molar-refractivity contribution in [1.29, 1.82) is 0 Å². The fraction of sp³-hybridized carbons (Fsp3) is 0.786. The zero-order valence-electron chi connectivity index (χ0n) is 12.7. The van der Waals surface area contributed by atoms with Crippen molar-refractivity contribution < 1.29 is 9.47 Å². The van der Waals surface area contributed by atoms with Crippen LogP contribution in [0.4, 0.5) is 5.95 Å². The highest BCUT2D eigenvalue weighted by atomic mass is 16.5. The van der Waals surface area contributed by atoms with Crippen LogP contribution >= 0.6 is 0 Å². The minimum absolute atomic E-state index is 0.302. The predicted molar refractivity (Wildman–Crippen MR) is 78.9 cm³/mol. The van der Waals surface area contributed by atoms with E-state index in [1.54, 1.807) is 14.2 Å². The van der Waals surface area contributed by atoms with Crippen molar-refractivity contribution >= 4 is 5.95 Å². The average molecular weight is 293 g/mol. The second-order valence-electron chi connectivity index (χ2n) is 5.64. The van der Waals surface area contributed by atoms with Crippen LogP contribution in [0.25, 0.3) is 0 Å². The number of anilines is 1. The number of hydrogen-bond donors (Lipinski definition) is 1. The maximum absolute atomic E-state index is 5.11. The van der Waals surface area contributed by atoms with Gasteiger partial charge in [0.25, 0.3) is 0 Å². The Hall–Kier alpha value is -1.63. The Morgan fingerprint density at radius 2 is 1.67 bits per heavy atom. The summed E-state index contributed by atoms with van der Waals surface area (Å²) in [5.74, 6) is 1.42. The Bertz CT molecular complexity index is 448. The van der Waals surface area contributed by atoms with E-state index in [1.807, 2.05) is 0 Å². The first-order valence-corrected chi connectivity index (χ1v) is 7.62. The largest absolute Gasteiger partial charge is 0.467 e. The van der Waals surface area contributed by atoms with Crippen LogP contribution in [0.2, 0.25) is 0 Å². The molecule has 0 saturated carbocycles. The fourth-order valence-electron chi connectivity index (χ4n) is 3.27. The normalized spacial score (nSPS) is 23.3. The van der Waals surface area contributed by atoms with Gasteiger partial charge in [0.1, 0.15) is 0 Å². The van der Waals surface area contributed by atoms with E-state index in [2.05, 4.69) is 25.2 Å². The van der Waals surface area contributed by atoms with Crippen molar-refractivity contribution in [3.63, 3.8) is 0 Å².